The molecule has 0 bridgehead atoms. The minimum Gasteiger partial charge on any atom is -0.494 e. The fraction of sp³-hybridized carbons (Fsp3) is 0.154. The highest BCUT2D eigenvalue weighted by molar-refractivity contribution is 8.00. The van der Waals surface area contributed by atoms with Gasteiger partial charge in [0.05, 0.1) is 21.9 Å². The molecule has 0 fully saturated rings. The first kappa shape index (κ1) is 16.1. The Bertz CT molecular complexity index is 695. The minimum atomic E-state index is -4.48. The first-order valence-electron chi connectivity index (χ1n) is 5.86. The lowest BCUT2D eigenvalue weighted by Gasteiger charge is -2.10. The number of carbonyl (C=O) groups is 1. The predicted molar refractivity (Wildman–Crippen MR) is 72.5 cm³/mol. The van der Waals surface area contributed by atoms with Crippen LogP contribution in [-0.4, -0.2) is 31.6 Å². The second-order valence-corrected chi connectivity index (χ2v) is 5.27. The minimum absolute atomic E-state index is 0.111. The molecule has 0 amide bonds. The molecule has 1 heterocycles. The molecule has 0 radical (unpaired) electrons. The number of aromatic nitrogens is 1. The molecule has 0 aliphatic rings. The molecule has 9 heteroatoms. The van der Waals surface area contributed by atoms with Crippen LogP contribution in [0.25, 0.3) is 5.69 Å². The number of carboxylic acid groups (broad SMARTS) is 1. The molecule has 3 N–H and O–H groups in total. The van der Waals surface area contributed by atoms with Gasteiger partial charge < -0.3 is 15.3 Å². The molecule has 5 nitrogen and oxygen atoms in total. The Hall–Kier alpha value is -2.29. The van der Waals surface area contributed by atoms with Crippen molar-refractivity contribution in [3.05, 3.63) is 35.9 Å². The summed E-state index contributed by atoms with van der Waals surface area (Å²) in [4.78, 5) is 10.6. The summed E-state index contributed by atoms with van der Waals surface area (Å²) in [5.74, 6) is -2.29. The van der Waals surface area contributed by atoms with Crippen molar-refractivity contribution < 1.29 is 33.3 Å². The summed E-state index contributed by atoms with van der Waals surface area (Å²) >= 11 is 0.782. The van der Waals surface area contributed by atoms with E-state index in [-0.39, 0.29) is 16.3 Å². The van der Waals surface area contributed by atoms with Crippen LogP contribution < -0.4 is 0 Å². The van der Waals surface area contributed by atoms with Crippen LogP contribution in [0.2, 0.25) is 0 Å². The van der Waals surface area contributed by atoms with Gasteiger partial charge in [-0.05, 0) is 24.3 Å². The van der Waals surface area contributed by atoms with Crippen LogP contribution in [0.5, 0.6) is 11.8 Å². The highest BCUT2D eigenvalue weighted by Gasteiger charge is 2.30. The molecule has 118 valence electrons. The fourth-order valence-electron chi connectivity index (χ4n) is 1.76. The molecule has 0 unspecified atom stereocenters. The van der Waals surface area contributed by atoms with E-state index in [9.17, 15) is 28.2 Å². The molecule has 1 aromatic heterocycles. The first-order valence-corrected chi connectivity index (χ1v) is 6.84. The summed E-state index contributed by atoms with van der Waals surface area (Å²) in [7, 11) is 0. The van der Waals surface area contributed by atoms with Gasteiger partial charge in [0.1, 0.15) is 0 Å². The van der Waals surface area contributed by atoms with E-state index in [1.54, 1.807) is 0 Å². The third-order valence-electron chi connectivity index (χ3n) is 2.73. The highest BCUT2D eigenvalue weighted by atomic mass is 32.2. The lowest BCUT2D eigenvalue weighted by molar-refractivity contribution is -0.137. The average Bonchev–Trinajstić information content (AvgIpc) is 2.70. The SMILES string of the molecule is O=C(O)CSc1cc(O)n(-c2ccc(C(F)(F)F)cc2)c1O. The number of hydrogen-bond acceptors (Lipinski definition) is 4. The third kappa shape index (κ3) is 3.30. The smallest absolute Gasteiger partial charge is 0.416 e. The topological polar surface area (TPSA) is 82.7 Å². The second-order valence-electron chi connectivity index (χ2n) is 4.25. The quantitative estimate of drug-likeness (QED) is 0.749. The maximum Gasteiger partial charge on any atom is 0.416 e. The van der Waals surface area contributed by atoms with Crippen LogP contribution in [0.1, 0.15) is 5.56 Å². The molecule has 0 aliphatic heterocycles. The zero-order valence-corrected chi connectivity index (χ0v) is 11.6. The van der Waals surface area contributed by atoms with Crippen molar-refractivity contribution in [2.75, 3.05) is 5.75 Å². The maximum absolute atomic E-state index is 12.5. The van der Waals surface area contributed by atoms with Gasteiger partial charge in [0.25, 0.3) is 0 Å². The molecular weight excluding hydrogens is 323 g/mol. The van der Waals surface area contributed by atoms with Crippen molar-refractivity contribution in [2.24, 2.45) is 0 Å². The number of alkyl halides is 3. The standard InChI is InChI=1S/C13H10F3NO4S/c14-13(15,16)7-1-3-8(4-2-7)17-10(18)5-9(12(17)21)22-6-11(19)20/h1-5,18,21H,6H2,(H,19,20). The zero-order chi connectivity index (χ0) is 16.5. The molecule has 2 aromatic rings. The van der Waals surface area contributed by atoms with Crippen molar-refractivity contribution >= 4 is 17.7 Å². The molecule has 0 saturated carbocycles. The van der Waals surface area contributed by atoms with E-state index in [0.29, 0.717) is 0 Å². The van der Waals surface area contributed by atoms with Gasteiger partial charge in [0, 0.05) is 6.07 Å². The van der Waals surface area contributed by atoms with Crippen LogP contribution >= 0.6 is 11.8 Å². The Morgan fingerprint density at radius 2 is 1.77 bits per heavy atom. The number of nitrogens with zero attached hydrogens (tertiary/aromatic N) is 1. The van der Waals surface area contributed by atoms with E-state index in [1.165, 1.54) is 0 Å². The Labute approximate surface area is 126 Å². The normalized spacial score (nSPS) is 11.6. The van der Waals surface area contributed by atoms with Crippen LogP contribution in [0, 0.1) is 0 Å². The first-order chi connectivity index (χ1) is 10.2. The van der Waals surface area contributed by atoms with Crippen molar-refractivity contribution in [3.63, 3.8) is 0 Å². The zero-order valence-electron chi connectivity index (χ0n) is 10.8. The van der Waals surface area contributed by atoms with Crippen LogP contribution in [0.4, 0.5) is 13.2 Å². The molecule has 0 atom stereocenters. The van der Waals surface area contributed by atoms with Crippen LogP contribution in [0.15, 0.2) is 35.2 Å². The van der Waals surface area contributed by atoms with Gasteiger partial charge in [-0.1, -0.05) is 0 Å². The molecule has 1 aromatic carbocycles. The van der Waals surface area contributed by atoms with E-state index < -0.39 is 29.5 Å². The van der Waals surface area contributed by atoms with E-state index >= 15 is 0 Å². The Kier molecular flexibility index (Phi) is 4.27. The largest absolute Gasteiger partial charge is 0.494 e. The summed E-state index contributed by atoms with van der Waals surface area (Å²) in [6.07, 6.45) is -4.48. The number of carboxylic acids is 1. The number of aromatic hydroxyl groups is 2. The second kappa shape index (κ2) is 5.84. The molecule has 2 rings (SSSR count). The van der Waals surface area contributed by atoms with Crippen molar-refractivity contribution in [1.29, 1.82) is 0 Å². The van der Waals surface area contributed by atoms with E-state index in [0.717, 1.165) is 46.7 Å². The van der Waals surface area contributed by atoms with Crippen molar-refractivity contribution in [2.45, 2.75) is 11.1 Å². The van der Waals surface area contributed by atoms with E-state index in [4.69, 9.17) is 5.11 Å². The van der Waals surface area contributed by atoms with Gasteiger partial charge >= 0.3 is 12.1 Å². The number of rotatable bonds is 4. The van der Waals surface area contributed by atoms with Gasteiger partial charge in [-0.25, -0.2) is 0 Å². The predicted octanol–water partition coefficient (Wildman–Crippen LogP) is 3.08. The Balaban J connectivity index is 2.34. The molecular formula is C13H10F3NO4S. The molecule has 0 saturated heterocycles. The van der Waals surface area contributed by atoms with Crippen LogP contribution in [0.3, 0.4) is 0 Å². The van der Waals surface area contributed by atoms with Gasteiger partial charge in [-0.2, -0.15) is 13.2 Å². The van der Waals surface area contributed by atoms with E-state index in [2.05, 4.69) is 0 Å². The number of benzene rings is 1. The summed E-state index contributed by atoms with van der Waals surface area (Å²) in [6.45, 7) is 0. The maximum atomic E-state index is 12.5. The monoisotopic (exact) mass is 333 g/mol. The average molecular weight is 333 g/mol. The Morgan fingerprint density at radius 1 is 1.18 bits per heavy atom. The van der Waals surface area contributed by atoms with Crippen molar-refractivity contribution in [1.82, 2.24) is 4.57 Å². The summed E-state index contributed by atoms with van der Waals surface area (Å²) < 4.78 is 38.4. The fourth-order valence-corrected chi connectivity index (χ4v) is 2.45. The highest BCUT2D eigenvalue weighted by Crippen LogP contribution is 2.38. The van der Waals surface area contributed by atoms with Crippen molar-refractivity contribution in [3.8, 4) is 17.4 Å². The summed E-state index contributed by atoms with van der Waals surface area (Å²) in [6, 6.07) is 4.96. The van der Waals surface area contributed by atoms with Crippen LogP contribution in [-0.2, 0) is 11.0 Å². The number of aliphatic carboxylic acids is 1. The number of thioether (sulfide) groups is 1. The summed E-state index contributed by atoms with van der Waals surface area (Å²) in [5.41, 5.74) is -0.743. The number of hydrogen-bond donors (Lipinski definition) is 3. The number of halogens is 3. The Morgan fingerprint density at radius 3 is 2.27 bits per heavy atom. The third-order valence-corrected chi connectivity index (χ3v) is 3.73. The lowest BCUT2D eigenvalue weighted by Crippen LogP contribution is -2.04. The molecule has 22 heavy (non-hydrogen) atoms. The van der Waals surface area contributed by atoms with E-state index in [1.807, 2.05) is 0 Å². The summed E-state index contributed by atoms with van der Waals surface area (Å²) in [5, 5.41) is 28.3. The lowest BCUT2D eigenvalue weighted by atomic mass is 10.2. The molecule has 0 aliphatic carbocycles. The van der Waals surface area contributed by atoms with Gasteiger partial charge in [-0.15, -0.1) is 11.8 Å². The van der Waals surface area contributed by atoms with Gasteiger partial charge in [-0.3, -0.25) is 9.36 Å². The van der Waals surface area contributed by atoms with Gasteiger partial charge in [0.2, 0.25) is 5.88 Å². The molecule has 0 spiro atoms. The van der Waals surface area contributed by atoms with Gasteiger partial charge in [0.15, 0.2) is 5.88 Å².